The molecule has 0 aliphatic carbocycles. The highest BCUT2D eigenvalue weighted by Crippen LogP contribution is 2.36. The van der Waals surface area contributed by atoms with E-state index in [1.807, 2.05) is 0 Å². The number of hydrogen-bond donors (Lipinski definition) is 2. The molecule has 0 saturated carbocycles. The summed E-state index contributed by atoms with van der Waals surface area (Å²) in [5, 5.41) is 17.3. The summed E-state index contributed by atoms with van der Waals surface area (Å²) in [5.41, 5.74) is 4.96. The fourth-order valence-corrected chi connectivity index (χ4v) is 5.42. The number of aliphatic hydroxyl groups is 1. The maximum absolute atomic E-state index is 14.1. The van der Waals surface area contributed by atoms with Crippen molar-refractivity contribution in [2.45, 2.75) is 57.1 Å². The molecule has 0 spiro atoms. The molecule has 1 atom stereocenters. The molecule has 3 aromatic heterocycles. The van der Waals surface area contributed by atoms with Crippen molar-refractivity contribution in [1.29, 1.82) is 0 Å². The van der Waals surface area contributed by atoms with Crippen molar-refractivity contribution in [2.75, 3.05) is 26.2 Å². The second-order valence-corrected chi connectivity index (χ2v) is 10.5. The van der Waals surface area contributed by atoms with Crippen LogP contribution in [-0.4, -0.2) is 95.8 Å². The average Bonchev–Trinajstić information content (AvgIpc) is 3.54. The van der Waals surface area contributed by atoms with Crippen molar-refractivity contribution in [3.05, 3.63) is 42.1 Å². The van der Waals surface area contributed by atoms with Crippen molar-refractivity contribution in [3.63, 3.8) is 0 Å². The van der Waals surface area contributed by atoms with E-state index in [4.69, 9.17) is 5.73 Å². The van der Waals surface area contributed by atoms with E-state index < -0.39 is 36.9 Å². The zero-order valence-corrected chi connectivity index (χ0v) is 22.5. The summed E-state index contributed by atoms with van der Waals surface area (Å²) < 4.78 is 68.4. The second kappa shape index (κ2) is 11.4. The molecular weight excluding hydrogens is 567 g/mol. The van der Waals surface area contributed by atoms with Gasteiger partial charge in [-0.05, 0) is 31.9 Å². The van der Waals surface area contributed by atoms with Gasteiger partial charge in [0.1, 0.15) is 24.0 Å². The van der Waals surface area contributed by atoms with E-state index in [-0.39, 0.29) is 46.1 Å². The summed E-state index contributed by atoms with van der Waals surface area (Å²) in [4.78, 5) is 32.3. The van der Waals surface area contributed by atoms with Crippen molar-refractivity contribution in [2.24, 2.45) is 5.73 Å². The van der Waals surface area contributed by atoms with Crippen molar-refractivity contribution in [1.82, 2.24) is 34.3 Å². The molecule has 0 aromatic carbocycles. The summed E-state index contributed by atoms with van der Waals surface area (Å²) in [6, 6.07) is 2.77. The summed E-state index contributed by atoms with van der Waals surface area (Å²) in [6.07, 6.45) is -3.35. The van der Waals surface area contributed by atoms with Crippen LogP contribution in [0.2, 0.25) is 0 Å². The van der Waals surface area contributed by atoms with Gasteiger partial charge < -0.3 is 15.7 Å². The van der Waals surface area contributed by atoms with Gasteiger partial charge >= 0.3 is 6.18 Å². The lowest BCUT2D eigenvalue weighted by Gasteiger charge is -2.47. The molecule has 2 aliphatic rings. The number of aromatic nitrogens is 5. The predicted octanol–water partition coefficient (Wildman–Crippen LogP) is 2.64. The first-order valence-electron chi connectivity index (χ1n) is 13.3. The Morgan fingerprint density at radius 1 is 1.10 bits per heavy atom. The summed E-state index contributed by atoms with van der Waals surface area (Å²) in [5.74, 6) is -1.30. The maximum Gasteiger partial charge on any atom is 0.408 e. The van der Waals surface area contributed by atoms with E-state index in [0.717, 1.165) is 25.2 Å². The highest BCUT2D eigenvalue weighted by Gasteiger charge is 2.37. The number of piperidine rings is 1. The van der Waals surface area contributed by atoms with Gasteiger partial charge in [-0.25, -0.2) is 13.8 Å². The van der Waals surface area contributed by atoms with E-state index >= 15 is 0 Å². The molecule has 226 valence electrons. The van der Waals surface area contributed by atoms with Crippen LogP contribution in [0.3, 0.4) is 0 Å². The van der Waals surface area contributed by atoms with E-state index in [1.54, 1.807) is 4.90 Å². The molecule has 0 bridgehead atoms. The number of halogens is 5. The molecule has 2 amide bonds. The smallest absolute Gasteiger partial charge is 0.384 e. The molecule has 5 heterocycles. The van der Waals surface area contributed by atoms with Crippen LogP contribution < -0.4 is 5.73 Å². The van der Waals surface area contributed by atoms with Crippen LogP contribution >= 0.6 is 0 Å². The molecular formula is C26H29F5N8O3. The monoisotopic (exact) mass is 596 g/mol. The Morgan fingerprint density at radius 3 is 2.38 bits per heavy atom. The number of likely N-dealkylation sites (tertiary alicyclic amines) is 2. The minimum Gasteiger partial charge on any atom is -0.384 e. The van der Waals surface area contributed by atoms with Gasteiger partial charge in [0, 0.05) is 61.3 Å². The van der Waals surface area contributed by atoms with Gasteiger partial charge in [-0.1, -0.05) is 0 Å². The van der Waals surface area contributed by atoms with Gasteiger partial charge in [-0.2, -0.15) is 23.4 Å². The molecule has 0 radical (unpaired) electrons. The van der Waals surface area contributed by atoms with Crippen LogP contribution in [0.25, 0.3) is 22.4 Å². The first-order chi connectivity index (χ1) is 19.8. The Labute approximate surface area is 236 Å². The summed E-state index contributed by atoms with van der Waals surface area (Å²) in [7, 11) is 0. The van der Waals surface area contributed by atoms with Crippen LogP contribution in [0.4, 0.5) is 22.0 Å². The Kier molecular flexibility index (Phi) is 8.02. The first kappa shape index (κ1) is 29.6. The van der Waals surface area contributed by atoms with Gasteiger partial charge in [0.25, 0.3) is 18.2 Å². The number of rotatable bonds is 8. The van der Waals surface area contributed by atoms with E-state index in [9.17, 15) is 36.6 Å². The number of nitrogens with zero attached hydrogens (tertiary/aromatic N) is 7. The quantitative estimate of drug-likeness (QED) is 0.382. The third kappa shape index (κ3) is 6.13. The number of carbonyl (C=O) groups is 2. The Bertz CT molecular complexity index is 1460. The topological polar surface area (TPSA) is 135 Å². The standard InChI is InChI=1S/C26H29F5N8O3/c1-14(40)25(42)36-6-4-16(5-7-36)37-10-17(11-37)39-12-19(21(35-39)23(27)28)18-2-3-20(34-22(18)24(32)41)15-8-33-38(9-15)13-26(29,30)31/h2-3,8-9,12,14,16-17,23,40H,4-7,10-11,13H2,1H3,(H2,32,41). The molecule has 2 aliphatic heterocycles. The lowest BCUT2D eigenvalue weighted by molar-refractivity contribution is -0.142. The molecule has 16 heteroatoms. The largest absolute Gasteiger partial charge is 0.408 e. The van der Waals surface area contributed by atoms with E-state index in [0.29, 0.717) is 30.9 Å². The van der Waals surface area contributed by atoms with Crippen LogP contribution in [0.15, 0.2) is 30.7 Å². The third-order valence-electron chi connectivity index (χ3n) is 7.57. The highest BCUT2D eigenvalue weighted by molar-refractivity contribution is 5.98. The minimum absolute atomic E-state index is 0.0194. The average molecular weight is 597 g/mol. The Hall–Kier alpha value is -3.92. The van der Waals surface area contributed by atoms with E-state index in [2.05, 4.69) is 20.1 Å². The minimum atomic E-state index is -4.49. The normalized spacial score (nSPS) is 18.0. The molecule has 42 heavy (non-hydrogen) atoms. The van der Waals surface area contributed by atoms with E-state index in [1.165, 1.54) is 29.9 Å². The van der Waals surface area contributed by atoms with Crippen molar-refractivity contribution in [3.8, 4) is 22.4 Å². The number of amides is 2. The number of aliphatic hydroxyl groups excluding tert-OH is 1. The lowest BCUT2D eigenvalue weighted by atomic mass is 9.97. The third-order valence-corrected chi connectivity index (χ3v) is 7.57. The maximum atomic E-state index is 14.1. The highest BCUT2D eigenvalue weighted by atomic mass is 19.4. The van der Waals surface area contributed by atoms with Gasteiger partial charge in [-0.3, -0.25) is 23.9 Å². The van der Waals surface area contributed by atoms with Gasteiger partial charge in [0.2, 0.25) is 0 Å². The summed E-state index contributed by atoms with van der Waals surface area (Å²) in [6.45, 7) is 2.29. The molecule has 5 rings (SSSR count). The Balaban J connectivity index is 1.33. The second-order valence-electron chi connectivity index (χ2n) is 10.5. The zero-order valence-electron chi connectivity index (χ0n) is 22.5. The number of hydrogen-bond acceptors (Lipinski definition) is 7. The number of primary amides is 1. The SMILES string of the molecule is CC(O)C(=O)N1CCC(N2CC(n3cc(-c4ccc(-c5cnn(CC(F)(F)F)c5)nc4C(N)=O)c(C(F)F)n3)C2)CC1. The molecule has 1 unspecified atom stereocenters. The molecule has 3 aromatic rings. The van der Waals surface area contributed by atoms with Crippen LogP contribution in [-0.2, 0) is 11.3 Å². The van der Waals surface area contributed by atoms with Crippen molar-refractivity contribution >= 4 is 11.8 Å². The van der Waals surface area contributed by atoms with Crippen LogP contribution in [0.1, 0.15) is 48.4 Å². The first-order valence-corrected chi connectivity index (χ1v) is 13.3. The summed E-state index contributed by atoms with van der Waals surface area (Å²) >= 11 is 0. The van der Waals surface area contributed by atoms with Gasteiger partial charge in [0.05, 0.1) is 17.9 Å². The van der Waals surface area contributed by atoms with Gasteiger partial charge in [-0.15, -0.1) is 0 Å². The predicted molar refractivity (Wildman–Crippen MR) is 138 cm³/mol. The fourth-order valence-electron chi connectivity index (χ4n) is 5.42. The van der Waals surface area contributed by atoms with Gasteiger partial charge in [0.15, 0.2) is 0 Å². The molecule has 2 fully saturated rings. The number of pyridine rings is 1. The number of nitrogens with two attached hydrogens (primary N) is 1. The van der Waals surface area contributed by atoms with Crippen LogP contribution in [0, 0.1) is 0 Å². The molecule has 11 nitrogen and oxygen atoms in total. The fraction of sp³-hybridized carbons (Fsp3) is 0.500. The van der Waals surface area contributed by atoms with Crippen molar-refractivity contribution < 1.29 is 36.6 Å². The zero-order chi connectivity index (χ0) is 30.3. The Morgan fingerprint density at radius 2 is 1.79 bits per heavy atom. The number of alkyl halides is 5. The van der Waals surface area contributed by atoms with Crippen LogP contribution in [0.5, 0.6) is 0 Å². The molecule has 2 saturated heterocycles. The lowest BCUT2D eigenvalue weighted by Crippen LogP contribution is -2.56. The molecule has 3 N–H and O–H groups in total. The number of carbonyl (C=O) groups excluding carboxylic acids is 2.